The lowest BCUT2D eigenvalue weighted by Crippen LogP contribution is -2.32. The molecule has 1 aromatic rings. The summed E-state index contributed by atoms with van der Waals surface area (Å²) in [5, 5.41) is 9.37. The van der Waals surface area contributed by atoms with E-state index < -0.39 is 10.0 Å². The maximum Gasteiger partial charge on any atom is 0.244 e. The van der Waals surface area contributed by atoms with E-state index in [4.69, 9.17) is 0 Å². The van der Waals surface area contributed by atoms with Gasteiger partial charge in [-0.05, 0) is 32.1 Å². The molecule has 0 saturated carbocycles. The van der Waals surface area contributed by atoms with Crippen LogP contribution in [0.3, 0.4) is 0 Å². The molecule has 0 aliphatic carbocycles. The molecule has 5 nitrogen and oxygen atoms in total. The van der Waals surface area contributed by atoms with Gasteiger partial charge >= 0.3 is 0 Å². The summed E-state index contributed by atoms with van der Waals surface area (Å²) in [5.41, 5.74) is 0.641. The number of thioether (sulfide) groups is 1. The minimum absolute atomic E-state index is 0.126. The Balaban J connectivity index is 2.33. The van der Waals surface area contributed by atoms with Gasteiger partial charge in [0.2, 0.25) is 10.0 Å². The zero-order valence-corrected chi connectivity index (χ0v) is 13.6. The molecule has 0 unspecified atom stereocenters. The fourth-order valence-corrected chi connectivity index (χ4v) is 4.89. The van der Waals surface area contributed by atoms with Crippen LogP contribution in [-0.4, -0.2) is 47.0 Å². The summed E-state index contributed by atoms with van der Waals surface area (Å²) in [6.07, 6.45) is 2.53. The highest BCUT2D eigenvalue weighted by atomic mass is 32.2. The zero-order chi connectivity index (χ0) is 14.8. The van der Waals surface area contributed by atoms with E-state index in [1.165, 1.54) is 0 Å². The first-order valence-electron chi connectivity index (χ1n) is 6.86. The van der Waals surface area contributed by atoms with Crippen molar-refractivity contribution < 1.29 is 13.5 Å². The van der Waals surface area contributed by atoms with E-state index in [0.717, 1.165) is 17.9 Å². The average molecular weight is 318 g/mol. The summed E-state index contributed by atoms with van der Waals surface area (Å²) in [5.74, 6) is 1.86. The monoisotopic (exact) mass is 318 g/mol. The van der Waals surface area contributed by atoms with Gasteiger partial charge in [-0.15, -0.1) is 0 Å². The number of aliphatic hydroxyl groups excluding tert-OH is 1. The molecule has 1 aromatic heterocycles. The molecule has 1 aliphatic rings. The maximum absolute atomic E-state index is 12.7. The Morgan fingerprint density at radius 2 is 2.10 bits per heavy atom. The predicted octanol–water partition coefficient (Wildman–Crippen LogP) is 1.69. The van der Waals surface area contributed by atoms with Crippen LogP contribution < -0.4 is 0 Å². The van der Waals surface area contributed by atoms with Crippen LogP contribution in [0.2, 0.25) is 0 Å². The van der Waals surface area contributed by atoms with Gasteiger partial charge in [0.1, 0.15) is 4.90 Å². The topological polar surface area (TPSA) is 62.5 Å². The second kappa shape index (κ2) is 6.51. The van der Waals surface area contributed by atoms with Gasteiger partial charge < -0.3 is 9.67 Å². The third-order valence-electron chi connectivity index (χ3n) is 3.44. The molecule has 0 spiro atoms. The largest absolute Gasteiger partial charge is 0.390 e. The number of sulfonamides is 1. The van der Waals surface area contributed by atoms with Crippen LogP contribution in [0.15, 0.2) is 17.2 Å². The Hall–Kier alpha value is -0.500. The molecule has 0 amide bonds. The van der Waals surface area contributed by atoms with Crippen LogP contribution in [0.25, 0.3) is 0 Å². The van der Waals surface area contributed by atoms with Crippen LogP contribution >= 0.6 is 11.8 Å². The van der Waals surface area contributed by atoms with Gasteiger partial charge in [0, 0.05) is 36.8 Å². The first kappa shape index (κ1) is 15.9. The van der Waals surface area contributed by atoms with Crippen molar-refractivity contribution in [3.8, 4) is 0 Å². The minimum Gasteiger partial charge on any atom is -0.390 e. The standard InChI is InChI=1S/C13H22N2O3S2/c1-11(2)15-9-13(8-12(15)10-16)20(17,18)14-4-3-6-19-7-5-14/h8-9,11,16H,3-7,10H2,1-2H3. The van der Waals surface area contributed by atoms with E-state index in [1.807, 2.05) is 18.4 Å². The minimum atomic E-state index is -3.44. The molecule has 0 bridgehead atoms. The second-order valence-corrected chi connectivity index (χ2v) is 8.36. The third kappa shape index (κ3) is 3.21. The van der Waals surface area contributed by atoms with E-state index in [9.17, 15) is 13.5 Å². The van der Waals surface area contributed by atoms with Crippen LogP contribution in [0.4, 0.5) is 0 Å². The molecule has 114 valence electrons. The van der Waals surface area contributed by atoms with Crippen molar-refractivity contribution in [2.24, 2.45) is 0 Å². The molecule has 1 aliphatic heterocycles. The summed E-state index contributed by atoms with van der Waals surface area (Å²) in [6, 6.07) is 1.72. The van der Waals surface area contributed by atoms with Crippen LogP contribution in [0, 0.1) is 0 Å². The van der Waals surface area contributed by atoms with Gasteiger partial charge in [0.15, 0.2) is 0 Å². The predicted molar refractivity (Wildman–Crippen MR) is 81.4 cm³/mol. The van der Waals surface area contributed by atoms with Crippen LogP contribution in [-0.2, 0) is 16.6 Å². The van der Waals surface area contributed by atoms with Gasteiger partial charge in [-0.2, -0.15) is 16.1 Å². The number of hydrogen-bond acceptors (Lipinski definition) is 4. The number of aromatic nitrogens is 1. The summed E-state index contributed by atoms with van der Waals surface area (Å²) in [7, 11) is -3.44. The first-order valence-corrected chi connectivity index (χ1v) is 9.46. The van der Waals surface area contributed by atoms with Crippen molar-refractivity contribution in [3.63, 3.8) is 0 Å². The highest BCUT2D eigenvalue weighted by Gasteiger charge is 2.27. The van der Waals surface area contributed by atoms with E-state index in [-0.39, 0.29) is 12.6 Å². The molecular formula is C13H22N2O3S2. The van der Waals surface area contributed by atoms with Gasteiger partial charge in [0.05, 0.1) is 6.61 Å². The Morgan fingerprint density at radius 3 is 2.70 bits per heavy atom. The lowest BCUT2D eigenvalue weighted by atomic mass is 10.3. The first-order chi connectivity index (χ1) is 9.46. The van der Waals surface area contributed by atoms with Crippen molar-refractivity contribution in [2.45, 2.75) is 37.8 Å². The molecule has 1 N–H and O–H groups in total. The number of hydrogen-bond donors (Lipinski definition) is 1. The van der Waals surface area contributed by atoms with E-state index in [0.29, 0.717) is 23.7 Å². The molecule has 2 rings (SSSR count). The highest BCUT2D eigenvalue weighted by molar-refractivity contribution is 7.99. The van der Waals surface area contributed by atoms with Gasteiger partial charge in [0.25, 0.3) is 0 Å². The van der Waals surface area contributed by atoms with Crippen molar-refractivity contribution >= 4 is 21.8 Å². The molecule has 0 atom stereocenters. The van der Waals surface area contributed by atoms with Crippen molar-refractivity contribution in [2.75, 3.05) is 24.6 Å². The van der Waals surface area contributed by atoms with Crippen LogP contribution in [0.5, 0.6) is 0 Å². The number of nitrogens with zero attached hydrogens (tertiary/aromatic N) is 2. The Bertz CT molecular complexity index is 544. The maximum atomic E-state index is 12.7. The summed E-state index contributed by atoms with van der Waals surface area (Å²) in [4.78, 5) is 0.294. The molecule has 1 fully saturated rings. The smallest absolute Gasteiger partial charge is 0.244 e. The molecule has 0 radical (unpaired) electrons. The highest BCUT2D eigenvalue weighted by Crippen LogP contribution is 2.24. The lowest BCUT2D eigenvalue weighted by Gasteiger charge is -2.18. The molecule has 0 aromatic carbocycles. The molecule has 20 heavy (non-hydrogen) atoms. The van der Waals surface area contributed by atoms with Crippen molar-refractivity contribution in [3.05, 3.63) is 18.0 Å². The lowest BCUT2D eigenvalue weighted by molar-refractivity contribution is 0.268. The molecule has 1 saturated heterocycles. The average Bonchev–Trinajstić information content (AvgIpc) is 2.66. The van der Waals surface area contributed by atoms with Gasteiger partial charge in [-0.1, -0.05) is 0 Å². The zero-order valence-electron chi connectivity index (χ0n) is 11.9. The molecule has 2 heterocycles. The Labute approximate surface area is 125 Å². The SMILES string of the molecule is CC(C)n1cc(S(=O)(=O)N2CCCSCC2)cc1CO. The second-order valence-electron chi connectivity index (χ2n) is 5.20. The number of rotatable bonds is 4. The van der Waals surface area contributed by atoms with Crippen LogP contribution in [0.1, 0.15) is 32.0 Å². The summed E-state index contributed by atoms with van der Waals surface area (Å²) in [6.45, 7) is 4.94. The quantitative estimate of drug-likeness (QED) is 0.917. The molecular weight excluding hydrogens is 296 g/mol. The Kier molecular flexibility index (Phi) is 5.17. The van der Waals surface area contributed by atoms with Crippen molar-refractivity contribution in [1.29, 1.82) is 0 Å². The third-order valence-corrected chi connectivity index (χ3v) is 6.36. The summed E-state index contributed by atoms with van der Waals surface area (Å²) < 4.78 is 28.7. The van der Waals surface area contributed by atoms with E-state index >= 15 is 0 Å². The number of aliphatic hydroxyl groups is 1. The van der Waals surface area contributed by atoms with E-state index in [1.54, 1.807) is 28.3 Å². The molecule has 7 heteroatoms. The van der Waals surface area contributed by atoms with Crippen molar-refractivity contribution in [1.82, 2.24) is 8.87 Å². The normalized spacial score (nSPS) is 18.4. The fraction of sp³-hybridized carbons (Fsp3) is 0.692. The van der Waals surface area contributed by atoms with E-state index in [2.05, 4.69) is 0 Å². The van der Waals surface area contributed by atoms with Gasteiger partial charge in [-0.3, -0.25) is 0 Å². The van der Waals surface area contributed by atoms with Gasteiger partial charge in [-0.25, -0.2) is 8.42 Å². The Morgan fingerprint density at radius 1 is 1.35 bits per heavy atom. The fourth-order valence-electron chi connectivity index (χ4n) is 2.36. The summed E-state index contributed by atoms with van der Waals surface area (Å²) >= 11 is 1.80.